The SMILES string of the molecule is CCOc1ccc(/C(O)=C2\C(=O)C(=O)N(c3nc4c(F)cc(F)cc4s3)C2c2ccc(O)cc2)cc1C(C)C. The molecule has 39 heavy (non-hydrogen) atoms. The van der Waals surface area contributed by atoms with Crippen molar-refractivity contribution in [3.05, 3.63) is 88.5 Å². The van der Waals surface area contributed by atoms with Gasteiger partial charge in [0.15, 0.2) is 10.9 Å². The van der Waals surface area contributed by atoms with Gasteiger partial charge in [-0.1, -0.05) is 37.3 Å². The van der Waals surface area contributed by atoms with Crippen LogP contribution in [0.25, 0.3) is 16.0 Å². The van der Waals surface area contributed by atoms with E-state index in [2.05, 4.69) is 4.98 Å². The van der Waals surface area contributed by atoms with Gasteiger partial charge in [-0.25, -0.2) is 13.8 Å². The van der Waals surface area contributed by atoms with Gasteiger partial charge in [-0.3, -0.25) is 14.5 Å². The maximum Gasteiger partial charge on any atom is 0.301 e. The Morgan fingerprint density at radius 1 is 1.10 bits per heavy atom. The summed E-state index contributed by atoms with van der Waals surface area (Å²) in [7, 11) is 0. The van der Waals surface area contributed by atoms with Gasteiger partial charge in [0.25, 0.3) is 5.78 Å². The lowest BCUT2D eigenvalue weighted by molar-refractivity contribution is -0.132. The predicted molar refractivity (Wildman–Crippen MR) is 144 cm³/mol. The predicted octanol–water partition coefficient (Wildman–Crippen LogP) is 6.43. The largest absolute Gasteiger partial charge is 0.508 e. The highest BCUT2D eigenvalue weighted by Gasteiger charge is 2.48. The molecule has 7 nitrogen and oxygen atoms in total. The van der Waals surface area contributed by atoms with Crippen LogP contribution in [0.4, 0.5) is 13.9 Å². The fourth-order valence-electron chi connectivity index (χ4n) is 4.64. The van der Waals surface area contributed by atoms with Crippen LogP contribution < -0.4 is 9.64 Å². The van der Waals surface area contributed by atoms with Crippen LogP contribution in [-0.2, 0) is 9.59 Å². The zero-order chi connectivity index (χ0) is 28.0. The van der Waals surface area contributed by atoms with E-state index < -0.39 is 35.1 Å². The van der Waals surface area contributed by atoms with Crippen LogP contribution in [0.1, 0.15) is 49.4 Å². The van der Waals surface area contributed by atoms with E-state index in [1.807, 2.05) is 20.8 Å². The number of fused-ring (bicyclic) bond motifs is 1. The summed E-state index contributed by atoms with van der Waals surface area (Å²) in [6.07, 6.45) is 0. The molecule has 0 aliphatic carbocycles. The van der Waals surface area contributed by atoms with Crippen molar-refractivity contribution in [3.8, 4) is 11.5 Å². The van der Waals surface area contributed by atoms with Crippen molar-refractivity contribution in [2.24, 2.45) is 0 Å². The summed E-state index contributed by atoms with van der Waals surface area (Å²) in [5.74, 6) is -3.42. The second-order valence-electron chi connectivity index (χ2n) is 9.33. The molecule has 1 unspecified atom stereocenters. The van der Waals surface area contributed by atoms with Crippen molar-refractivity contribution in [2.45, 2.75) is 32.7 Å². The molecule has 1 aliphatic heterocycles. The lowest BCUT2D eigenvalue weighted by Gasteiger charge is -2.23. The van der Waals surface area contributed by atoms with Crippen molar-refractivity contribution in [1.82, 2.24) is 4.98 Å². The second-order valence-corrected chi connectivity index (χ2v) is 10.3. The molecular formula is C29H24F2N2O5S. The van der Waals surface area contributed by atoms with E-state index in [0.29, 0.717) is 29.5 Å². The van der Waals surface area contributed by atoms with Gasteiger partial charge in [0.05, 0.1) is 22.9 Å². The number of aromatic nitrogens is 1. The van der Waals surface area contributed by atoms with Gasteiger partial charge in [0.2, 0.25) is 0 Å². The molecule has 1 aromatic heterocycles. The monoisotopic (exact) mass is 550 g/mol. The Kier molecular flexibility index (Phi) is 6.82. The smallest absolute Gasteiger partial charge is 0.301 e. The number of carbonyl (C=O) groups excluding carboxylic acids is 2. The lowest BCUT2D eigenvalue weighted by Crippen LogP contribution is -2.29. The molecule has 0 radical (unpaired) electrons. The Morgan fingerprint density at radius 2 is 1.82 bits per heavy atom. The third kappa shape index (κ3) is 4.61. The van der Waals surface area contributed by atoms with Gasteiger partial charge in [0, 0.05) is 11.6 Å². The normalized spacial score (nSPS) is 17.0. The molecule has 1 aliphatic rings. The molecule has 1 atom stereocenters. The molecule has 0 spiro atoms. The van der Waals surface area contributed by atoms with Crippen molar-refractivity contribution in [1.29, 1.82) is 0 Å². The summed E-state index contributed by atoms with van der Waals surface area (Å²) in [4.78, 5) is 32.1. The molecule has 0 bridgehead atoms. The number of Topliss-reactive ketones (excluding diaryl/α,β-unsaturated/α-hetero) is 1. The Hall–Kier alpha value is -4.31. The van der Waals surface area contributed by atoms with E-state index in [9.17, 15) is 28.6 Å². The Labute approximate surface area is 226 Å². The van der Waals surface area contributed by atoms with Crippen LogP contribution in [0.2, 0.25) is 0 Å². The average molecular weight is 551 g/mol. The van der Waals surface area contributed by atoms with Crippen LogP contribution >= 0.6 is 11.3 Å². The van der Waals surface area contributed by atoms with Gasteiger partial charge in [-0.05, 0) is 60.4 Å². The molecule has 3 aromatic carbocycles. The Bertz CT molecular complexity index is 1650. The Balaban J connectivity index is 1.72. The lowest BCUT2D eigenvalue weighted by atomic mass is 9.93. The van der Waals surface area contributed by atoms with Crippen molar-refractivity contribution in [3.63, 3.8) is 0 Å². The highest BCUT2D eigenvalue weighted by Crippen LogP contribution is 2.45. The fraction of sp³-hybridized carbons (Fsp3) is 0.207. The highest BCUT2D eigenvalue weighted by atomic mass is 32.1. The third-order valence-electron chi connectivity index (χ3n) is 6.47. The molecule has 200 valence electrons. The molecule has 1 saturated heterocycles. The van der Waals surface area contributed by atoms with E-state index in [0.717, 1.165) is 27.9 Å². The first-order valence-corrected chi connectivity index (χ1v) is 13.0. The van der Waals surface area contributed by atoms with Crippen molar-refractivity contribution in [2.75, 3.05) is 11.5 Å². The first-order valence-electron chi connectivity index (χ1n) is 12.2. The third-order valence-corrected chi connectivity index (χ3v) is 7.47. The number of nitrogens with zero attached hydrogens (tertiary/aromatic N) is 2. The number of phenols is 1. The van der Waals surface area contributed by atoms with Crippen molar-refractivity contribution >= 4 is 44.1 Å². The minimum absolute atomic E-state index is 0.0349. The summed E-state index contributed by atoms with van der Waals surface area (Å²) < 4.78 is 34.2. The van der Waals surface area contributed by atoms with Gasteiger partial charge < -0.3 is 14.9 Å². The van der Waals surface area contributed by atoms with E-state index >= 15 is 0 Å². The molecule has 10 heteroatoms. The minimum Gasteiger partial charge on any atom is -0.508 e. The molecule has 2 heterocycles. The number of carbonyl (C=O) groups is 2. The summed E-state index contributed by atoms with van der Waals surface area (Å²) in [6, 6.07) is 11.4. The number of aliphatic hydroxyl groups excluding tert-OH is 1. The van der Waals surface area contributed by atoms with Crippen LogP contribution in [0.3, 0.4) is 0 Å². The number of ether oxygens (including phenoxy) is 1. The number of benzene rings is 3. The molecule has 2 N–H and O–H groups in total. The fourth-order valence-corrected chi connectivity index (χ4v) is 5.67. The zero-order valence-electron chi connectivity index (χ0n) is 21.2. The number of phenolic OH excluding ortho intramolecular Hbond substituents is 1. The molecule has 1 fully saturated rings. The number of hydrogen-bond donors (Lipinski definition) is 2. The van der Waals surface area contributed by atoms with Gasteiger partial charge in [0.1, 0.15) is 28.6 Å². The first-order chi connectivity index (χ1) is 18.6. The van der Waals surface area contributed by atoms with Crippen LogP contribution in [0, 0.1) is 11.6 Å². The first kappa shape index (κ1) is 26.3. The Morgan fingerprint density at radius 3 is 2.49 bits per heavy atom. The maximum absolute atomic E-state index is 14.4. The van der Waals surface area contributed by atoms with Gasteiger partial charge in [-0.15, -0.1) is 0 Å². The zero-order valence-corrected chi connectivity index (χ0v) is 22.1. The minimum atomic E-state index is -1.15. The summed E-state index contributed by atoms with van der Waals surface area (Å²) in [6.45, 7) is 6.24. The summed E-state index contributed by atoms with van der Waals surface area (Å²) in [5, 5.41) is 21.3. The van der Waals surface area contributed by atoms with Crippen LogP contribution in [-0.4, -0.2) is 33.5 Å². The molecule has 0 saturated carbocycles. The quantitative estimate of drug-likeness (QED) is 0.163. The number of amides is 1. The average Bonchev–Trinajstić information content (AvgIpc) is 3.43. The second kappa shape index (κ2) is 10.1. The topological polar surface area (TPSA) is 100.0 Å². The summed E-state index contributed by atoms with van der Waals surface area (Å²) in [5.41, 5.74) is 1.17. The molecular weight excluding hydrogens is 526 g/mol. The van der Waals surface area contributed by atoms with Crippen LogP contribution in [0.15, 0.2) is 60.2 Å². The number of halogens is 2. The number of anilines is 1. The number of rotatable bonds is 6. The van der Waals surface area contributed by atoms with E-state index in [4.69, 9.17) is 4.74 Å². The van der Waals surface area contributed by atoms with E-state index in [1.54, 1.807) is 18.2 Å². The van der Waals surface area contributed by atoms with Crippen LogP contribution in [0.5, 0.6) is 11.5 Å². The van der Waals surface area contributed by atoms with Gasteiger partial charge >= 0.3 is 5.91 Å². The van der Waals surface area contributed by atoms with E-state index in [1.165, 1.54) is 24.3 Å². The highest BCUT2D eigenvalue weighted by molar-refractivity contribution is 7.22. The number of aliphatic hydroxyl groups is 1. The maximum atomic E-state index is 14.4. The standard InChI is InChI=1S/C29H24F2N2O5S/c1-4-38-21-10-7-16(11-19(21)14(2)3)26(35)23-25(15-5-8-18(34)9-6-15)33(28(37)27(23)36)29-32-24-20(31)12-17(30)13-22(24)39-29/h5-14,25,34-35H,4H2,1-3H3/b26-23+. The number of ketones is 1. The van der Waals surface area contributed by atoms with Gasteiger partial charge in [-0.2, -0.15) is 0 Å². The van der Waals surface area contributed by atoms with E-state index in [-0.39, 0.29) is 32.6 Å². The molecule has 1 amide bonds. The molecule has 5 rings (SSSR count). The van der Waals surface area contributed by atoms with Crippen molar-refractivity contribution < 1.29 is 33.3 Å². The summed E-state index contributed by atoms with van der Waals surface area (Å²) >= 11 is 0.845. The number of aromatic hydroxyl groups is 1. The molecule has 4 aromatic rings. The number of hydrogen-bond acceptors (Lipinski definition) is 7. The number of thiazole rings is 1.